The lowest BCUT2D eigenvalue weighted by Gasteiger charge is -2.11. The van der Waals surface area contributed by atoms with Crippen LogP contribution in [0.4, 0.5) is 0 Å². The quantitative estimate of drug-likeness (QED) is 0.682. The Bertz CT molecular complexity index is 1050. The lowest BCUT2D eigenvalue weighted by molar-refractivity contribution is -0.0588. The Kier molecular flexibility index (Phi) is 2.82. The van der Waals surface area contributed by atoms with Gasteiger partial charge in [-0.25, -0.2) is 9.78 Å². The number of carbonyl (C=O) groups is 3. The first-order chi connectivity index (χ1) is 11.6. The molecule has 3 heterocycles. The standard InChI is InChI=1S/C15H8N4O5/c20-12-11-17-10(7-18(11)6-5-16-12)15(23)24-19-13(21)8-3-1-2-4-9(8)14(19)22/h1-7H,(H,16,20). The summed E-state index contributed by atoms with van der Waals surface area (Å²) in [6.07, 6.45) is 4.14. The molecule has 9 heteroatoms. The number of hydrogen-bond donors (Lipinski definition) is 1. The number of benzene rings is 1. The second-order valence-electron chi connectivity index (χ2n) is 4.98. The van der Waals surface area contributed by atoms with E-state index in [9.17, 15) is 19.2 Å². The molecule has 0 radical (unpaired) electrons. The number of aromatic amines is 1. The molecule has 2 amide bonds. The molecule has 1 aliphatic heterocycles. The zero-order valence-electron chi connectivity index (χ0n) is 11.9. The molecule has 24 heavy (non-hydrogen) atoms. The van der Waals surface area contributed by atoms with Gasteiger partial charge in [0.05, 0.1) is 11.1 Å². The Morgan fingerprint density at radius 1 is 1.08 bits per heavy atom. The maximum Gasteiger partial charge on any atom is 0.383 e. The van der Waals surface area contributed by atoms with Crippen LogP contribution >= 0.6 is 0 Å². The summed E-state index contributed by atoms with van der Waals surface area (Å²) >= 11 is 0. The van der Waals surface area contributed by atoms with Gasteiger partial charge in [0.15, 0.2) is 5.69 Å². The van der Waals surface area contributed by atoms with Crippen LogP contribution < -0.4 is 5.56 Å². The average Bonchev–Trinajstić information content (AvgIpc) is 3.12. The van der Waals surface area contributed by atoms with Gasteiger partial charge in [0.2, 0.25) is 5.65 Å². The van der Waals surface area contributed by atoms with Crippen molar-refractivity contribution in [1.82, 2.24) is 19.4 Å². The number of hydroxylamine groups is 2. The summed E-state index contributed by atoms with van der Waals surface area (Å²) in [5.41, 5.74) is -0.393. The highest BCUT2D eigenvalue weighted by Gasteiger charge is 2.39. The van der Waals surface area contributed by atoms with E-state index in [1.807, 2.05) is 0 Å². The van der Waals surface area contributed by atoms with Crippen LogP contribution in [0.1, 0.15) is 31.2 Å². The van der Waals surface area contributed by atoms with Crippen molar-refractivity contribution in [2.24, 2.45) is 0 Å². The number of imide groups is 1. The monoisotopic (exact) mass is 324 g/mol. The molecule has 0 bridgehead atoms. The summed E-state index contributed by atoms with van der Waals surface area (Å²) in [7, 11) is 0. The van der Waals surface area contributed by atoms with Crippen molar-refractivity contribution < 1.29 is 19.2 Å². The summed E-state index contributed by atoms with van der Waals surface area (Å²) in [6.45, 7) is 0. The van der Waals surface area contributed by atoms with Gasteiger partial charge in [-0.1, -0.05) is 17.2 Å². The summed E-state index contributed by atoms with van der Waals surface area (Å²) in [5, 5.41) is 0.390. The van der Waals surface area contributed by atoms with E-state index in [1.165, 1.54) is 35.1 Å². The lowest BCUT2D eigenvalue weighted by atomic mass is 10.1. The Labute approximate surface area is 133 Å². The van der Waals surface area contributed by atoms with E-state index in [0.717, 1.165) is 0 Å². The highest BCUT2D eigenvalue weighted by atomic mass is 16.7. The van der Waals surface area contributed by atoms with E-state index in [2.05, 4.69) is 9.97 Å². The van der Waals surface area contributed by atoms with Gasteiger partial charge in [0, 0.05) is 18.6 Å². The van der Waals surface area contributed by atoms with E-state index < -0.39 is 23.3 Å². The molecule has 0 fully saturated rings. The molecule has 0 atom stereocenters. The largest absolute Gasteiger partial charge is 0.383 e. The lowest BCUT2D eigenvalue weighted by Crippen LogP contribution is -2.32. The maximum atomic E-state index is 12.2. The zero-order chi connectivity index (χ0) is 16.8. The van der Waals surface area contributed by atoms with E-state index in [1.54, 1.807) is 12.1 Å². The molecular formula is C15H8N4O5. The Morgan fingerprint density at radius 2 is 1.75 bits per heavy atom. The molecule has 0 spiro atoms. The number of imidazole rings is 1. The molecule has 9 nitrogen and oxygen atoms in total. The van der Waals surface area contributed by atoms with Crippen LogP contribution in [0.15, 0.2) is 47.7 Å². The fourth-order valence-corrected chi connectivity index (χ4v) is 2.41. The third-order valence-electron chi connectivity index (χ3n) is 3.53. The first kappa shape index (κ1) is 13.9. The molecule has 0 saturated carbocycles. The van der Waals surface area contributed by atoms with Crippen LogP contribution in [0.3, 0.4) is 0 Å². The van der Waals surface area contributed by atoms with Gasteiger partial charge in [0.1, 0.15) is 0 Å². The summed E-state index contributed by atoms with van der Waals surface area (Å²) < 4.78 is 1.33. The molecule has 118 valence electrons. The predicted octanol–water partition coefficient (Wildman–Crippen LogP) is 0.391. The third-order valence-corrected chi connectivity index (χ3v) is 3.53. The number of H-pyrrole nitrogens is 1. The molecule has 4 rings (SSSR count). The molecule has 1 aromatic carbocycles. The van der Waals surface area contributed by atoms with Gasteiger partial charge in [-0.15, -0.1) is 0 Å². The topological polar surface area (TPSA) is 114 Å². The SMILES string of the molecule is O=C(ON1C(=O)c2ccccc2C1=O)c1cn2cc[nH]c(=O)c2n1. The maximum absolute atomic E-state index is 12.2. The number of aromatic nitrogens is 3. The van der Waals surface area contributed by atoms with Gasteiger partial charge in [0.25, 0.3) is 17.4 Å². The molecule has 2 aromatic heterocycles. The normalized spacial score (nSPS) is 13.4. The third kappa shape index (κ3) is 1.92. The molecule has 0 saturated heterocycles. The highest BCUT2D eigenvalue weighted by Crippen LogP contribution is 2.23. The van der Waals surface area contributed by atoms with Crippen molar-refractivity contribution >= 4 is 23.4 Å². The van der Waals surface area contributed by atoms with Gasteiger partial charge in [-0.3, -0.25) is 14.4 Å². The minimum Gasteiger partial charge on any atom is -0.324 e. The molecule has 1 aliphatic rings. The van der Waals surface area contributed by atoms with Gasteiger partial charge in [-0.05, 0) is 12.1 Å². The van der Waals surface area contributed by atoms with E-state index in [0.29, 0.717) is 5.06 Å². The van der Waals surface area contributed by atoms with Crippen LogP contribution in [-0.2, 0) is 4.84 Å². The summed E-state index contributed by atoms with van der Waals surface area (Å²) in [5.74, 6) is -2.48. The fraction of sp³-hybridized carbons (Fsp3) is 0. The second kappa shape index (κ2) is 4.88. The summed E-state index contributed by atoms with van der Waals surface area (Å²) in [6, 6.07) is 6.13. The van der Waals surface area contributed by atoms with Gasteiger partial charge in [-0.2, -0.15) is 0 Å². The Balaban J connectivity index is 1.65. The smallest absolute Gasteiger partial charge is 0.324 e. The van der Waals surface area contributed by atoms with Crippen molar-refractivity contribution in [1.29, 1.82) is 0 Å². The first-order valence-corrected chi connectivity index (χ1v) is 6.83. The van der Waals surface area contributed by atoms with E-state index in [-0.39, 0.29) is 22.5 Å². The van der Waals surface area contributed by atoms with Crippen molar-refractivity contribution in [3.8, 4) is 0 Å². The minimum atomic E-state index is -1.02. The van der Waals surface area contributed by atoms with Crippen molar-refractivity contribution in [2.75, 3.05) is 0 Å². The van der Waals surface area contributed by atoms with Gasteiger partial charge < -0.3 is 14.2 Å². The van der Waals surface area contributed by atoms with Gasteiger partial charge >= 0.3 is 5.97 Å². The van der Waals surface area contributed by atoms with Crippen molar-refractivity contribution in [3.63, 3.8) is 0 Å². The predicted molar refractivity (Wildman–Crippen MR) is 78.2 cm³/mol. The number of rotatable bonds is 2. The summed E-state index contributed by atoms with van der Waals surface area (Å²) in [4.78, 5) is 59.2. The molecule has 1 N–H and O–H groups in total. The zero-order valence-corrected chi connectivity index (χ0v) is 11.9. The number of carbonyl (C=O) groups excluding carboxylic acids is 3. The number of nitrogens with one attached hydrogen (secondary N) is 1. The fourth-order valence-electron chi connectivity index (χ4n) is 2.41. The van der Waals surface area contributed by atoms with Crippen molar-refractivity contribution in [3.05, 3.63) is 70.0 Å². The number of amides is 2. The average molecular weight is 324 g/mol. The van der Waals surface area contributed by atoms with Crippen molar-refractivity contribution in [2.45, 2.75) is 0 Å². The van der Waals surface area contributed by atoms with Crippen LogP contribution in [0.25, 0.3) is 5.65 Å². The Morgan fingerprint density at radius 3 is 2.38 bits per heavy atom. The molecule has 0 aliphatic carbocycles. The molecule has 3 aromatic rings. The number of fused-ring (bicyclic) bond motifs is 2. The van der Waals surface area contributed by atoms with Crippen LogP contribution in [0.2, 0.25) is 0 Å². The van der Waals surface area contributed by atoms with Crippen LogP contribution in [-0.4, -0.2) is 37.2 Å². The number of hydrogen-bond acceptors (Lipinski definition) is 6. The van der Waals surface area contributed by atoms with Crippen LogP contribution in [0.5, 0.6) is 0 Å². The second-order valence-corrected chi connectivity index (χ2v) is 4.98. The first-order valence-electron chi connectivity index (χ1n) is 6.83. The molecular weight excluding hydrogens is 316 g/mol. The van der Waals surface area contributed by atoms with E-state index in [4.69, 9.17) is 4.84 Å². The Hall–Kier alpha value is -3.75. The minimum absolute atomic E-state index is 0.00758. The molecule has 0 unspecified atom stereocenters. The highest BCUT2D eigenvalue weighted by molar-refractivity contribution is 6.21. The number of nitrogens with zero attached hydrogens (tertiary/aromatic N) is 3. The van der Waals surface area contributed by atoms with E-state index >= 15 is 0 Å². The van der Waals surface area contributed by atoms with Crippen LogP contribution in [0, 0.1) is 0 Å².